The molecule has 0 saturated heterocycles. The van der Waals surface area contributed by atoms with Gasteiger partial charge >= 0.3 is 0 Å². The molecular weight excluding hydrogens is 393 g/mol. The second-order valence-corrected chi connectivity index (χ2v) is 8.11. The van der Waals surface area contributed by atoms with Crippen molar-refractivity contribution in [3.63, 3.8) is 0 Å². The summed E-state index contributed by atoms with van der Waals surface area (Å²) in [5.74, 6) is 1.32. The van der Waals surface area contributed by atoms with E-state index in [9.17, 15) is 9.18 Å². The van der Waals surface area contributed by atoms with E-state index in [4.69, 9.17) is 9.47 Å². The molecule has 2 aliphatic rings. The molecular formula is C26H22FNO3. The van der Waals surface area contributed by atoms with Crippen LogP contribution in [0.25, 0.3) is 6.08 Å². The number of carbonyl (C=O) groups is 1. The van der Waals surface area contributed by atoms with E-state index in [1.807, 2.05) is 44.2 Å². The fourth-order valence-corrected chi connectivity index (χ4v) is 4.16. The molecule has 0 amide bonds. The molecule has 2 aliphatic heterocycles. The van der Waals surface area contributed by atoms with Crippen molar-refractivity contribution < 1.29 is 18.7 Å². The number of aryl methyl sites for hydroxylation is 1. The molecule has 3 aromatic rings. The molecule has 0 atom stereocenters. The van der Waals surface area contributed by atoms with E-state index in [1.165, 1.54) is 12.1 Å². The standard InChI is InChI=1S/C26H22FNO3/c1-16-4-3-5-19(10-16)11-23-24(29)22-12-20-14-28(13-18-6-8-21(27)9-7-18)15-30-25(20)17(2)26(22)31-23/h3-12H,13-15H2,1-2H3/b23-11-. The van der Waals surface area contributed by atoms with Crippen LogP contribution in [-0.2, 0) is 13.1 Å². The Morgan fingerprint density at radius 1 is 1.06 bits per heavy atom. The summed E-state index contributed by atoms with van der Waals surface area (Å²) in [4.78, 5) is 15.2. The molecule has 156 valence electrons. The summed E-state index contributed by atoms with van der Waals surface area (Å²) in [6.45, 7) is 5.64. The van der Waals surface area contributed by atoms with Gasteiger partial charge in [0, 0.05) is 24.2 Å². The van der Waals surface area contributed by atoms with Crippen LogP contribution in [0.5, 0.6) is 11.5 Å². The van der Waals surface area contributed by atoms with Gasteiger partial charge in [0.2, 0.25) is 5.78 Å². The van der Waals surface area contributed by atoms with Crippen LogP contribution in [0.3, 0.4) is 0 Å². The van der Waals surface area contributed by atoms with Gasteiger partial charge in [-0.1, -0.05) is 42.0 Å². The summed E-state index contributed by atoms with van der Waals surface area (Å²) in [5, 5.41) is 0. The molecule has 0 saturated carbocycles. The number of ketones is 1. The molecule has 0 spiro atoms. The highest BCUT2D eigenvalue weighted by molar-refractivity contribution is 6.15. The highest BCUT2D eigenvalue weighted by atomic mass is 19.1. The fraction of sp³-hybridized carbons (Fsp3) is 0.192. The summed E-state index contributed by atoms with van der Waals surface area (Å²) in [5.41, 5.74) is 5.43. The smallest absolute Gasteiger partial charge is 0.231 e. The Morgan fingerprint density at radius 3 is 2.65 bits per heavy atom. The number of nitrogens with zero attached hydrogens (tertiary/aromatic N) is 1. The number of carbonyl (C=O) groups excluding carboxylic acids is 1. The molecule has 4 nitrogen and oxygen atoms in total. The zero-order valence-corrected chi connectivity index (χ0v) is 17.4. The van der Waals surface area contributed by atoms with E-state index in [0.29, 0.717) is 36.9 Å². The molecule has 3 aromatic carbocycles. The van der Waals surface area contributed by atoms with Gasteiger partial charge in [-0.05, 0) is 49.2 Å². The quantitative estimate of drug-likeness (QED) is 0.536. The molecule has 5 heteroatoms. The van der Waals surface area contributed by atoms with Gasteiger partial charge < -0.3 is 9.47 Å². The van der Waals surface area contributed by atoms with Crippen LogP contribution in [0.2, 0.25) is 0 Å². The third-order valence-corrected chi connectivity index (χ3v) is 5.66. The monoisotopic (exact) mass is 415 g/mol. The van der Waals surface area contributed by atoms with Gasteiger partial charge in [0.15, 0.2) is 5.76 Å². The number of allylic oxidation sites excluding steroid dienone is 1. The van der Waals surface area contributed by atoms with Crippen molar-refractivity contribution in [3.05, 3.63) is 99.6 Å². The van der Waals surface area contributed by atoms with Crippen molar-refractivity contribution in [1.82, 2.24) is 4.90 Å². The molecule has 5 rings (SSSR count). The van der Waals surface area contributed by atoms with Crippen molar-refractivity contribution in [2.75, 3.05) is 6.73 Å². The van der Waals surface area contributed by atoms with Crippen LogP contribution in [0.1, 0.15) is 38.2 Å². The minimum atomic E-state index is -0.247. The van der Waals surface area contributed by atoms with Gasteiger partial charge in [0.1, 0.15) is 24.0 Å². The molecule has 0 unspecified atom stereocenters. The Labute approximate surface area is 180 Å². The fourth-order valence-electron chi connectivity index (χ4n) is 4.16. The average Bonchev–Trinajstić information content (AvgIpc) is 3.06. The lowest BCUT2D eigenvalue weighted by Crippen LogP contribution is -2.32. The zero-order chi connectivity index (χ0) is 21.5. The lowest BCUT2D eigenvalue weighted by Gasteiger charge is -2.30. The van der Waals surface area contributed by atoms with Crippen LogP contribution >= 0.6 is 0 Å². The zero-order valence-electron chi connectivity index (χ0n) is 17.4. The molecule has 0 aliphatic carbocycles. The Balaban J connectivity index is 1.42. The van der Waals surface area contributed by atoms with Crippen molar-refractivity contribution in [2.45, 2.75) is 26.9 Å². The Hall–Kier alpha value is -3.44. The van der Waals surface area contributed by atoms with Gasteiger partial charge in [-0.2, -0.15) is 0 Å². The normalized spacial score (nSPS) is 16.6. The molecule has 31 heavy (non-hydrogen) atoms. The van der Waals surface area contributed by atoms with E-state index in [-0.39, 0.29) is 11.6 Å². The topological polar surface area (TPSA) is 38.8 Å². The van der Waals surface area contributed by atoms with Crippen LogP contribution in [0, 0.1) is 19.7 Å². The first-order chi connectivity index (χ1) is 15.0. The number of fused-ring (bicyclic) bond motifs is 2. The van der Waals surface area contributed by atoms with Crippen LogP contribution < -0.4 is 9.47 Å². The molecule has 2 heterocycles. The number of rotatable bonds is 3. The first-order valence-electron chi connectivity index (χ1n) is 10.2. The largest absolute Gasteiger partial charge is 0.477 e. The second kappa shape index (κ2) is 7.67. The van der Waals surface area contributed by atoms with Crippen LogP contribution in [0.4, 0.5) is 4.39 Å². The van der Waals surface area contributed by atoms with Gasteiger partial charge in [0.05, 0.1) is 5.56 Å². The summed E-state index contributed by atoms with van der Waals surface area (Å²) in [6.07, 6.45) is 1.79. The first-order valence-corrected chi connectivity index (χ1v) is 10.2. The van der Waals surface area contributed by atoms with E-state index in [0.717, 1.165) is 33.6 Å². The molecule has 0 aromatic heterocycles. The van der Waals surface area contributed by atoms with E-state index in [1.54, 1.807) is 18.2 Å². The SMILES string of the molecule is Cc1cccc(/C=C2\Oc3c(cc4c(c3C)OCN(Cc3ccc(F)cc3)C4)C2=O)c1. The summed E-state index contributed by atoms with van der Waals surface area (Å²) >= 11 is 0. The Morgan fingerprint density at radius 2 is 1.87 bits per heavy atom. The third kappa shape index (κ3) is 3.73. The summed E-state index contributed by atoms with van der Waals surface area (Å²) in [6, 6.07) is 16.3. The van der Waals surface area contributed by atoms with E-state index < -0.39 is 0 Å². The molecule has 0 fully saturated rings. The Kier molecular flexibility index (Phi) is 4.83. The average molecular weight is 415 g/mol. The second-order valence-electron chi connectivity index (χ2n) is 8.11. The molecule has 0 N–H and O–H groups in total. The van der Waals surface area contributed by atoms with Gasteiger partial charge in [0.25, 0.3) is 0 Å². The number of ether oxygens (including phenoxy) is 2. The van der Waals surface area contributed by atoms with E-state index >= 15 is 0 Å². The van der Waals surface area contributed by atoms with Gasteiger partial charge in [-0.15, -0.1) is 0 Å². The van der Waals surface area contributed by atoms with Crippen LogP contribution in [-0.4, -0.2) is 17.4 Å². The Bertz CT molecular complexity index is 1210. The lowest BCUT2D eigenvalue weighted by molar-refractivity contribution is 0.0876. The van der Waals surface area contributed by atoms with Gasteiger partial charge in [-0.3, -0.25) is 9.69 Å². The van der Waals surface area contributed by atoms with Gasteiger partial charge in [-0.25, -0.2) is 4.39 Å². The number of halogens is 1. The maximum absolute atomic E-state index is 13.2. The predicted octanol–water partition coefficient (Wildman–Crippen LogP) is 5.41. The minimum Gasteiger partial charge on any atom is -0.477 e. The van der Waals surface area contributed by atoms with Crippen molar-refractivity contribution in [2.24, 2.45) is 0 Å². The molecule has 0 bridgehead atoms. The molecule has 0 radical (unpaired) electrons. The van der Waals surface area contributed by atoms with Crippen molar-refractivity contribution in [3.8, 4) is 11.5 Å². The maximum Gasteiger partial charge on any atom is 0.231 e. The highest BCUT2D eigenvalue weighted by Gasteiger charge is 2.33. The number of Topliss-reactive ketones (excluding diaryl/α,β-unsaturated/α-hetero) is 1. The minimum absolute atomic E-state index is 0.113. The summed E-state index contributed by atoms with van der Waals surface area (Å²) < 4.78 is 25.2. The highest BCUT2D eigenvalue weighted by Crippen LogP contribution is 2.43. The number of benzene rings is 3. The van der Waals surface area contributed by atoms with Crippen molar-refractivity contribution in [1.29, 1.82) is 0 Å². The first kappa shape index (κ1) is 19.5. The third-order valence-electron chi connectivity index (χ3n) is 5.66. The lowest BCUT2D eigenvalue weighted by atomic mass is 9.99. The van der Waals surface area contributed by atoms with E-state index in [2.05, 4.69) is 4.90 Å². The maximum atomic E-state index is 13.2. The predicted molar refractivity (Wildman–Crippen MR) is 116 cm³/mol. The van der Waals surface area contributed by atoms with Crippen molar-refractivity contribution >= 4 is 11.9 Å². The number of hydrogen-bond acceptors (Lipinski definition) is 4. The summed E-state index contributed by atoms with van der Waals surface area (Å²) in [7, 11) is 0. The van der Waals surface area contributed by atoms with Crippen LogP contribution in [0.15, 0.2) is 60.4 Å². The number of hydrogen-bond donors (Lipinski definition) is 0.